The van der Waals surface area contributed by atoms with Crippen LogP contribution in [0.2, 0.25) is 0 Å². The second kappa shape index (κ2) is 3.79. The number of nitrogens with zero attached hydrogens (tertiary/aromatic N) is 1. The fraction of sp³-hybridized carbons (Fsp3) is 0. The number of nitrogens with two attached hydrogens (primary N) is 1. The highest BCUT2D eigenvalue weighted by atomic mass is 32.2. The van der Waals surface area contributed by atoms with Crippen molar-refractivity contribution in [3.05, 3.63) is 40.5 Å². The van der Waals surface area contributed by atoms with E-state index in [2.05, 4.69) is 6.58 Å². The van der Waals surface area contributed by atoms with E-state index in [1.807, 2.05) is 0 Å². The van der Waals surface area contributed by atoms with E-state index in [0.717, 1.165) is 6.07 Å². The van der Waals surface area contributed by atoms with Gasteiger partial charge < -0.3 is 0 Å². The second-order valence-corrected chi connectivity index (χ2v) is 4.20. The molecule has 80 valence electrons. The molecule has 0 amide bonds. The van der Waals surface area contributed by atoms with E-state index < -0.39 is 25.5 Å². The molecule has 0 atom stereocenters. The Morgan fingerprint density at radius 3 is 2.47 bits per heavy atom. The van der Waals surface area contributed by atoms with Crippen molar-refractivity contribution < 1.29 is 13.3 Å². The van der Waals surface area contributed by atoms with E-state index in [1.54, 1.807) is 0 Å². The van der Waals surface area contributed by atoms with E-state index in [9.17, 15) is 18.5 Å². The third-order valence-electron chi connectivity index (χ3n) is 1.73. The van der Waals surface area contributed by atoms with Crippen molar-refractivity contribution in [1.82, 2.24) is 0 Å². The van der Waals surface area contributed by atoms with Crippen molar-refractivity contribution in [3.63, 3.8) is 0 Å². The zero-order valence-electron chi connectivity index (χ0n) is 7.58. The minimum absolute atomic E-state index is 0.117. The first-order valence-corrected chi connectivity index (χ1v) is 5.35. The summed E-state index contributed by atoms with van der Waals surface area (Å²) in [5, 5.41) is 15.5. The first kappa shape index (κ1) is 11.3. The van der Waals surface area contributed by atoms with E-state index in [4.69, 9.17) is 5.14 Å². The van der Waals surface area contributed by atoms with Crippen LogP contribution in [0.15, 0.2) is 29.7 Å². The number of hydrogen-bond acceptors (Lipinski definition) is 4. The molecule has 2 N–H and O–H groups in total. The highest BCUT2D eigenvalue weighted by molar-refractivity contribution is 7.89. The summed E-state index contributed by atoms with van der Waals surface area (Å²) in [7, 11) is -4.13. The maximum atomic E-state index is 11.2. The minimum Gasteiger partial charge on any atom is -0.258 e. The van der Waals surface area contributed by atoms with Crippen LogP contribution in [-0.4, -0.2) is 13.3 Å². The molecule has 0 spiro atoms. The van der Waals surface area contributed by atoms with Crippen molar-refractivity contribution >= 4 is 21.8 Å². The summed E-state index contributed by atoms with van der Waals surface area (Å²) in [6.07, 6.45) is 1.20. The van der Waals surface area contributed by atoms with Gasteiger partial charge in [0.2, 0.25) is 10.0 Å². The topological polar surface area (TPSA) is 103 Å². The summed E-state index contributed by atoms with van der Waals surface area (Å²) in [4.78, 5) is 9.28. The molecule has 0 aliphatic carbocycles. The molecule has 7 heteroatoms. The van der Waals surface area contributed by atoms with Crippen LogP contribution in [0.25, 0.3) is 6.08 Å². The molecule has 0 radical (unpaired) electrons. The lowest BCUT2D eigenvalue weighted by molar-refractivity contribution is -0.387. The van der Waals surface area contributed by atoms with Gasteiger partial charge in [-0.05, 0) is 0 Å². The van der Waals surface area contributed by atoms with Crippen LogP contribution in [0.5, 0.6) is 0 Å². The van der Waals surface area contributed by atoms with Gasteiger partial charge in [-0.3, -0.25) is 10.1 Å². The van der Waals surface area contributed by atoms with Crippen LogP contribution in [0.1, 0.15) is 5.56 Å². The van der Waals surface area contributed by atoms with E-state index in [0.29, 0.717) is 0 Å². The van der Waals surface area contributed by atoms with Gasteiger partial charge in [-0.15, -0.1) is 0 Å². The van der Waals surface area contributed by atoms with Crippen LogP contribution in [0, 0.1) is 10.1 Å². The third kappa shape index (κ3) is 2.20. The summed E-state index contributed by atoms with van der Waals surface area (Å²) in [6, 6.07) is 3.83. The van der Waals surface area contributed by atoms with Gasteiger partial charge in [0.15, 0.2) is 4.90 Å². The van der Waals surface area contributed by atoms with E-state index in [1.165, 1.54) is 18.2 Å². The SMILES string of the molecule is C=Cc1cccc([N+](=O)[O-])c1S(N)(=O)=O. The average molecular weight is 228 g/mol. The lowest BCUT2D eigenvalue weighted by Crippen LogP contribution is -2.15. The Labute approximate surface area is 86.2 Å². The number of rotatable bonds is 3. The van der Waals surface area contributed by atoms with E-state index >= 15 is 0 Å². The normalized spacial score (nSPS) is 11.0. The Kier molecular flexibility index (Phi) is 2.87. The van der Waals surface area contributed by atoms with Crippen LogP contribution in [0.3, 0.4) is 0 Å². The summed E-state index contributed by atoms with van der Waals surface area (Å²) >= 11 is 0. The van der Waals surface area contributed by atoms with Gasteiger partial charge in [-0.25, -0.2) is 13.6 Å². The lowest BCUT2D eigenvalue weighted by Gasteiger charge is -2.03. The second-order valence-electron chi connectivity index (χ2n) is 2.70. The fourth-order valence-corrected chi connectivity index (χ4v) is 2.07. The average Bonchev–Trinajstić information content (AvgIpc) is 2.15. The minimum atomic E-state index is -4.13. The standard InChI is InChI=1S/C8H8N2O4S/c1-2-6-4-3-5-7(10(11)12)8(6)15(9,13)14/h2-5H,1H2,(H2,9,13,14). The van der Waals surface area contributed by atoms with E-state index in [-0.39, 0.29) is 5.56 Å². The molecule has 0 fully saturated rings. The molecule has 0 aliphatic heterocycles. The Balaban J connectivity index is 3.70. The molecule has 0 aliphatic rings. The van der Waals surface area contributed by atoms with Crippen molar-refractivity contribution in [2.24, 2.45) is 5.14 Å². The molecule has 15 heavy (non-hydrogen) atoms. The van der Waals surface area contributed by atoms with Crippen molar-refractivity contribution in [2.45, 2.75) is 4.90 Å². The lowest BCUT2D eigenvalue weighted by atomic mass is 10.2. The highest BCUT2D eigenvalue weighted by Gasteiger charge is 2.24. The summed E-state index contributed by atoms with van der Waals surface area (Å²) < 4.78 is 22.3. The van der Waals surface area contributed by atoms with Crippen LogP contribution in [-0.2, 0) is 10.0 Å². The van der Waals surface area contributed by atoms with Crippen molar-refractivity contribution in [2.75, 3.05) is 0 Å². The Hall–Kier alpha value is -1.73. The monoisotopic (exact) mass is 228 g/mol. The molecule has 6 nitrogen and oxygen atoms in total. The van der Waals surface area contributed by atoms with Gasteiger partial charge in [0, 0.05) is 11.6 Å². The van der Waals surface area contributed by atoms with Gasteiger partial charge in [0.05, 0.1) is 4.92 Å². The first-order valence-electron chi connectivity index (χ1n) is 3.80. The fourth-order valence-electron chi connectivity index (χ4n) is 1.16. The number of sulfonamides is 1. The maximum absolute atomic E-state index is 11.2. The Morgan fingerprint density at radius 2 is 2.07 bits per heavy atom. The van der Waals surface area contributed by atoms with Gasteiger partial charge in [-0.2, -0.15) is 0 Å². The Bertz CT molecular complexity index is 521. The predicted molar refractivity (Wildman–Crippen MR) is 54.6 cm³/mol. The number of benzene rings is 1. The zero-order chi connectivity index (χ0) is 11.6. The smallest absolute Gasteiger partial charge is 0.258 e. The molecule has 0 unspecified atom stereocenters. The largest absolute Gasteiger partial charge is 0.289 e. The van der Waals surface area contributed by atoms with Gasteiger partial charge >= 0.3 is 0 Å². The van der Waals surface area contributed by atoms with Crippen LogP contribution >= 0.6 is 0 Å². The molecule has 0 saturated carbocycles. The van der Waals surface area contributed by atoms with Crippen LogP contribution in [0.4, 0.5) is 5.69 Å². The number of nitro benzene ring substituents is 1. The number of nitro groups is 1. The van der Waals surface area contributed by atoms with Crippen molar-refractivity contribution in [3.8, 4) is 0 Å². The number of primary sulfonamides is 1. The molecule has 0 saturated heterocycles. The maximum Gasteiger partial charge on any atom is 0.289 e. The Morgan fingerprint density at radius 1 is 1.47 bits per heavy atom. The molecule has 0 bridgehead atoms. The molecule has 1 aromatic rings. The van der Waals surface area contributed by atoms with Gasteiger partial charge in [0.1, 0.15) is 0 Å². The van der Waals surface area contributed by atoms with Crippen molar-refractivity contribution in [1.29, 1.82) is 0 Å². The summed E-state index contributed by atoms with van der Waals surface area (Å²) in [5.74, 6) is 0. The highest BCUT2D eigenvalue weighted by Crippen LogP contribution is 2.26. The molecular formula is C8H8N2O4S. The summed E-state index contributed by atoms with van der Waals surface area (Å²) in [5.41, 5.74) is -0.429. The molecule has 0 heterocycles. The predicted octanol–water partition coefficient (Wildman–Crippen LogP) is 0.885. The van der Waals surface area contributed by atoms with Crippen LogP contribution < -0.4 is 5.14 Å². The molecule has 1 aromatic carbocycles. The summed E-state index contributed by atoms with van der Waals surface area (Å²) in [6.45, 7) is 3.36. The molecular weight excluding hydrogens is 220 g/mol. The zero-order valence-corrected chi connectivity index (χ0v) is 8.40. The molecule has 1 rings (SSSR count). The van der Waals surface area contributed by atoms with Gasteiger partial charge in [-0.1, -0.05) is 24.8 Å². The quantitative estimate of drug-likeness (QED) is 0.612. The third-order valence-corrected chi connectivity index (χ3v) is 2.74. The number of hydrogen-bond donors (Lipinski definition) is 1. The first-order chi connectivity index (χ1) is 6.88. The molecule has 0 aromatic heterocycles. The van der Waals surface area contributed by atoms with Gasteiger partial charge in [0.25, 0.3) is 5.69 Å².